The Morgan fingerprint density at radius 3 is 3.08 bits per heavy atom. The summed E-state index contributed by atoms with van der Waals surface area (Å²) < 4.78 is 2.59. The van der Waals surface area contributed by atoms with Crippen LogP contribution in [0.1, 0.15) is 17.2 Å². The molecule has 8 heteroatoms. The predicted octanol–water partition coefficient (Wildman–Crippen LogP) is 2.81. The van der Waals surface area contributed by atoms with Gasteiger partial charge in [-0.15, -0.1) is 6.58 Å². The molecule has 1 amide bonds. The molecule has 7 nitrogen and oxygen atoms in total. The highest BCUT2D eigenvalue weighted by Crippen LogP contribution is 2.40. The van der Waals surface area contributed by atoms with Gasteiger partial charge >= 0.3 is 0 Å². The predicted molar refractivity (Wildman–Crippen MR) is 99.6 cm³/mol. The fraction of sp³-hybridized carbons (Fsp3) is 0.176. The van der Waals surface area contributed by atoms with Gasteiger partial charge in [-0.1, -0.05) is 22.0 Å². The minimum absolute atomic E-state index is 0.105. The molecule has 126 valence electrons. The number of amides is 1. The van der Waals surface area contributed by atoms with Crippen LogP contribution in [-0.4, -0.2) is 32.2 Å². The zero-order chi connectivity index (χ0) is 17.6. The van der Waals surface area contributed by atoms with Crippen molar-refractivity contribution in [3.8, 4) is 0 Å². The van der Waals surface area contributed by atoms with Crippen molar-refractivity contribution in [3.05, 3.63) is 52.8 Å². The third-order valence-corrected chi connectivity index (χ3v) is 4.54. The lowest BCUT2D eigenvalue weighted by molar-refractivity contribution is -0.116. The Hall–Kier alpha value is -2.74. The summed E-state index contributed by atoms with van der Waals surface area (Å²) in [5.74, 6) is -0.185. The number of hydrogen-bond donors (Lipinski definition) is 2. The summed E-state index contributed by atoms with van der Waals surface area (Å²) in [6.45, 7) is 4.21. The molecule has 0 saturated heterocycles. The summed E-state index contributed by atoms with van der Waals surface area (Å²) in [7, 11) is 1.82. The largest absolute Gasteiger partial charge is 0.351 e. The first-order chi connectivity index (χ1) is 12.1. The zero-order valence-electron chi connectivity index (χ0n) is 13.5. The fourth-order valence-electron chi connectivity index (χ4n) is 3.01. The smallest absolute Gasteiger partial charge is 0.238 e. The van der Waals surface area contributed by atoms with Crippen molar-refractivity contribution in [2.24, 2.45) is 7.05 Å². The second-order valence-electron chi connectivity index (χ2n) is 5.80. The van der Waals surface area contributed by atoms with Gasteiger partial charge in [0.15, 0.2) is 5.65 Å². The molecule has 2 N–H and O–H groups in total. The van der Waals surface area contributed by atoms with E-state index in [1.54, 1.807) is 10.8 Å². The number of halogens is 1. The van der Waals surface area contributed by atoms with Crippen LogP contribution in [0.2, 0.25) is 0 Å². The van der Waals surface area contributed by atoms with E-state index in [1.165, 1.54) is 0 Å². The molecule has 2 aromatic heterocycles. The van der Waals surface area contributed by atoms with Crippen molar-refractivity contribution in [3.63, 3.8) is 0 Å². The molecule has 1 unspecified atom stereocenters. The topological polar surface area (TPSA) is 84.7 Å². The first kappa shape index (κ1) is 15.8. The molecule has 25 heavy (non-hydrogen) atoms. The number of carbonyl (C=O) groups is 1. The van der Waals surface area contributed by atoms with Gasteiger partial charge in [-0.3, -0.25) is 9.48 Å². The summed E-state index contributed by atoms with van der Waals surface area (Å²) >= 11 is 3.48. The SMILES string of the molecule is C=CCNc1nc(C2C(=O)Nc3ccc(Br)cc32)c2cn(C)nc2n1. The summed E-state index contributed by atoms with van der Waals surface area (Å²) in [5.41, 5.74) is 2.88. The van der Waals surface area contributed by atoms with E-state index in [9.17, 15) is 4.79 Å². The maximum absolute atomic E-state index is 12.7. The first-order valence-electron chi connectivity index (χ1n) is 7.73. The van der Waals surface area contributed by atoms with Gasteiger partial charge in [0.2, 0.25) is 11.9 Å². The van der Waals surface area contributed by atoms with Crippen molar-refractivity contribution < 1.29 is 4.79 Å². The van der Waals surface area contributed by atoms with Crippen LogP contribution < -0.4 is 10.6 Å². The molecule has 0 aliphatic carbocycles. The van der Waals surface area contributed by atoms with E-state index in [1.807, 2.05) is 31.4 Å². The van der Waals surface area contributed by atoms with Gasteiger partial charge < -0.3 is 10.6 Å². The number of aryl methyl sites for hydroxylation is 1. The van der Waals surface area contributed by atoms with Gasteiger partial charge in [0.1, 0.15) is 5.92 Å². The molecular formula is C17H15BrN6O. The van der Waals surface area contributed by atoms with Crippen LogP contribution in [0, 0.1) is 0 Å². The second-order valence-corrected chi connectivity index (χ2v) is 6.71. The Kier molecular flexibility index (Phi) is 3.76. The van der Waals surface area contributed by atoms with Crippen molar-refractivity contribution >= 4 is 44.5 Å². The summed E-state index contributed by atoms with van der Waals surface area (Å²) in [6, 6.07) is 5.73. The van der Waals surface area contributed by atoms with Crippen molar-refractivity contribution in [1.29, 1.82) is 0 Å². The van der Waals surface area contributed by atoms with E-state index in [4.69, 9.17) is 0 Å². The molecule has 3 heterocycles. The zero-order valence-corrected chi connectivity index (χ0v) is 15.0. The van der Waals surface area contributed by atoms with Crippen LogP contribution in [0.15, 0.2) is 41.5 Å². The molecule has 1 aliphatic heterocycles. The number of rotatable bonds is 4. The lowest BCUT2D eigenvalue weighted by Crippen LogP contribution is -2.16. The molecule has 4 rings (SSSR count). The van der Waals surface area contributed by atoms with E-state index < -0.39 is 5.92 Å². The minimum Gasteiger partial charge on any atom is -0.351 e. The van der Waals surface area contributed by atoms with Gasteiger partial charge in [-0.05, 0) is 23.8 Å². The number of nitrogens with one attached hydrogen (secondary N) is 2. The first-order valence-corrected chi connectivity index (χ1v) is 8.52. The van der Waals surface area contributed by atoms with E-state index >= 15 is 0 Å². The van der Waals surface area contributed by atoms with Gasteiger partial charge in [0, 0.05) is 29.9 Å². The van der Waals surface area contributed by atoms with Gasteiger partial charge in [-0.2, -0.15) is 10.1 Å². The quantitative estimate of drug-likeness (QED) is 0.660. The molecule has 0 radical (unpaired) electrons. The van der Waals surface area contributed by atoms with Crippen LogP contribution in [0.3, 0.4) is 0 Å². The summed E-state index contributed by atoms with van der Waals surface area (Å²) in [5, 5.41) is 11.1. The number of benzene rings is 1. The summed E-state index contributed by atoms with van der Waals surface area (Å²) in [4.78, 5) is 21.7. The number of anilines is 2. The molecule has 0 saturated carbocycles. The van der Waals surface area contributed by atoms with Gasteiger partial charge in [-0.25, -0.2) is 4.98 Å². The molecule has 0 fully saturated rings. The fourth-order valence-corrected chi connectivity index (χ4v) is 3.38. The van der Waals surface area contributed by atoms with Crippen LogP contribution >= 0.6 is 15.9 Å². The Balaban J connectivity index is 1.92. The molecule has 0 spiro atoms. The maximum Gasteiger partial charge on any atom is 0.238 e. The number of hydrogen-bond acceptors (Lipinski definition) is 5. The Labute approximate surface area is 152 Å². The monoisotopic (exact) mass is 398 g/mol. The number of fused-ring (bicyclic) bond motifs is 2. The number of carbonyl (C=O) groups excluding carboxylic acids is 1. The van der Waals surface area contributed by atoms with Crippen LogP contribution in [0.25, 0.3) is 11.0 Å². The third kappa shape index (κ3) is 2.68. The van der Waals surface area contributed by atoms with Gasteiger partial charge in [0.25, 0.3) is 0 Å². The normalized spacial score (nSPS) is 15.9. The lowest BCUT2D eigenvalue weighted by Gasteiger charge is -2.11. The lowest BCUT2D eigenvalue weighted by atomic mass is 9.95. The van der Waals surface area contributed by atoms with E-state index in [-0.39, 0.29) is 5.91 Å². The Bertz CT molecular complexity index is 1010. The van der Waals surface area contributed by atoms with Crippen molar-refractivity contribution in [1.82, 2.24) is 19.7 Å². The molecule has 1 atom stereocenters. The van der Waals surface area contributed by atoms with Crippen LogP contribution in [0.5, 0.6) is 0 Å². The van der Waals surface area contributed by atoms with Crippen LogP contribution in [0.4, 0.5) is 11.6 Å². The number of aromatic nitrogens is 4. The summed E-state index contributed by atoms with van der Waals surface area (Å²) in [6.07, 6.45) is 3.56. The third-order valence-electron chi connectivity index (χ3n) is 4.05. The molecular weight excluding hydrogens is 384 g/mol. The Morgan fingerprint density at radius 1 is 1.44 bits per heavy atom. The highest BCUT2D eigenvalue weighted by atomic mass is 79.9. The van der Waals surface area contributed by atoms with E-state index in [0.29, 0.717) is 23.8 Å². The standard InChI is InChI=1S/C17H15BrN6O/c1-3-6-19-17-21-14(11-8-24(2)23-15(11)22-17)13-10-7-9(18)4-5-12(10)20-16(13)25/h3-5,7-8,13H,1,6H2,2H3,(H,20,25)(H,19,22,23). The van der Waals surface area contributed by atoms with E-state index in [0.717, 1.165) is 21.1 Å². The van der Waals surface area contributed by atoms with Crippen molar-refractivity contribution in [2.45, 2.75) is 5.92 Å². The Morgan fingerprint density at radius 2 is 2.28 bits per heavy atom. The highest BCUT2D eigenvalue weighted by molar-refractivity contribution is 9.10. The van der Waals surface area contributed by atoms with Crippen LogP contribution in [-0.2, 0) is 11.8 Å². The minimum atomic E-state index is -0.508. The maximum atomic E-state index is 12.7. The average molecular weight is 399 g/mol. The number of nitrogens with zero attached hydrogens (tertiary/aromatic N) is 4. The highest BCUT2D eigenvalue weighted by Gasteiger charge is 2.35. The molecule has 1 aromatic carbocycles. The molecule has 0 bridgehead atoms. The second kappa shape index (κ2) is 5.96. The van der Waals surface area contributed by atoms with Gasteiger partial charge in [0.05, 0.1) is 11.1 Å². The van der Waals surface area contributed by atoms with Crippen molar-refractivity contribution in [2.75, 3.05) is 17.2 Å². The average Bonchev–Trinajstić information content (AvgIpc) is 3.10. The molecule has 1 aliphatic rings. The van der Waals surface area contributed by atoms with E-state index in [2.05, 4.69) is 48.2 Å². The molecule has 3 aromatic rings.